The molecule has 0 aliphatic heterocycles. The molecule has 0 amide bonds. The molecule has 2 aromatic rings. The molecule has 0 atom stereocenters. The van der Waals surface area contributed by atoms with E-state index in [1.165, 1.54) is 5.56 Å². The van der Waals surface area contributed by atoms with E-state index in [-0.39, 0.29) is 5.41 Å². The van der Waals surface area contributed by atoms with Gasteiger partial charge in [0.15, 0.2) is 0 Å². The molecule has 0 aliphatic carbocycles. The summed E-state index contributed by atoms with van der Waals surface area (Å²) in [5, 5.41) is 0. The van der Waals surface area contributed by atoms with Crippen molar-refractivity contribution in [3.05, 3.63) is 46.1 Å². The maximum Gasteiger partial charge on any atom is 0.233 e. The normalized spacial score (nSPS) is 11.8. The molecule has 0 radical (unpaired) electrons. The lowest BCUT2D eigenvalue weighted by Gasteiger charge is -2.19. The first-order valence-corrected chi connectivity index (χ1v) is 9.20. The summed E-state index contributed by atoms with van der Waals surface area (Å²) in [7, 11) is 1.99. The third-order valence-corrected chi connectivity index (χ3v) is 4.48. The molecule has 0 aliphatic rings. The van der Waals surface area contributed by atoms with Gasteiger partial charge in [0.2, 0.25) is 5.88 Å². The number of hydrogen-bond donors (Lipinski definition) is 0. The van der Waals surface area contributed by atoms with Crippen molar-refractivity contribution in [1.82, 2.24) is 9.88 Å². The van der Waals surface area contributed by atoms with E-state index in [2.05, 4.69) is 65.7 Å². The van der Waals surface area contributed by atoms with Gasteiger partial charge < -0.3 is 9.64 Å². The number of rotatable bonds is 5. The number of nitrogens with zero attached hydrogens (tertiary/aromatic N) is 3. The summed E-state index contributed by atoms with van der Waals surface area (Å²) in [6.07, 6.45) is 1.81. The van der Waals surface area contributed by atoms with Crippen molar-refractivity contribution in [2.75, 3.05) is 13.6 Å². The molecule has 0 bridgehead atoms. The second kappa shape index (κ2) is 8.00. The van der Waals surface area contributed by atoms with Crippen LogP contribution >= 0.6 is 15.9 Å². The summed E-state index contributed by atoms with van der Waals surface area (Å²) in [6, 6.07) is 10.1. The molecular weight excluding hydrogens is 378 g/mol. The van der Waals surface area contributed by atoms with E-state index in [0.717, 1.165) is 28.1 Å². The molecule has 5 heteroatoms. The van der Waals surface area contributed by atoms with Crippen LogP contribution in [0.5, 0.6) is 11.6 Å². The first-order chi connectivity index (χ1) is 11.7. The van der Waals surface area contributed by atoms with Crippen LogP contribution in [-0.2, 0) is 5.41 Å². The molecule has 1 heterocycles. The molecule has 4 nitrogen and oxygen atoms in total. The Morgan fingerprint density at radius 1 is 1.28 bits per heavy atom. The number of hydrogen-bond acceptors (Lipinski definition) is 3. The molecular formula is C20H26BrN3O. The van der Waals surface area contributed by atoms with E-state index in [9.17, 15) is 0 Å². The van der Waals surface area contributed by atoms with Crippen LogP contribution in [0, 0.1) is 6.92 Å². The number of pyridine rings is 1. The number of aryl methyl sites for hydroxylation is 1. The average molecular weight is 404 g/mol. The Kier molecular flexibility index (Phi) is 6.22. The topological polar surface area (TPSA) is 37.7 Å². The second-order valence-electron chi connectivity index (χ2n) is 7.08. The summed E-state index contributed by atoms with van der Waals surface area (Å²) in [6.45, 7) is 11.5. The third kappa shape index (κ3) is 5.30. The zero-order chi connectivity index (χ0) is 18.6. The van der Waals surface area contributed by atoms with Crippen LogP contribution in [0.2, 0.25) is 0 Å². The number of ether oxygens (including phenoxy) is 1. The van der Waals surface area contributed by atoms with E-state index in [0.29, 0.717) is 5.88 Å². The van der Waals surface area contributed by atoms with Crippen LogP contribution in [0.3, 0.4) is 0 Å². The highest BCUT2D eigenvalue weighted by atomic mass is 79.9. The number of benzene rings is 1. The van der Waals surface area contributed by atoms with E-state index < -0.39 is 0 Å². The van der Waals surface area contributed by atoms with Gasteiger partial charge in [0.05, 0.1) is 22.2 Å². The van der Waals surface area contributed by atoms with Gasteiger partial charge in [0.25, 0.3) is 0 Å². The molecule has 0 spiro atoms. The predicted molar refractivity (Wildman–Crippen MR) is 108 cm³/mol. The maximum atomic E-state index is 6.01. The minimum atomic E-state index is 0.0732. The fraction of sp³-hybridized carbons (Fsp3) is 0.400. The SMILES string of the molecule is CCN(C)/C=N/c1cc(Br)c(Oc2cccc(C(C)(C)C)c2)nc1C. The first kappa shape index (κ1) is 19.4. The number of aliphatic imine (C=N–C) groups is 1. The third-order valence-electron chi connectivity index (χ3n) is 3.92. The Hall–Kier alpha value is -1.88. The van der Waals surface area contributed by atoms with Crippen molar-refractivity contribution in [3.63, 3.8) is 0 Å². The Morgan fingerprint density at radius 3 is 2.64 bits per heavy atom. The zero-order valence-corrected chi connectivity index (χ0v) is 17.4. The molecule has 0 saturated carbocycles. The molecule has 0 saturated heterocycles. The van der Waals surface area contributed by atoms with Crippen LogP contribution in [-0.4, -0.2) is 29.8 Å². The van der Waals surface area contributed by atoms with Crippen molar-refractivity contribution in [1.29, 1.82) is 0 Å². The molecule has 2 rings (SSSR count). The number of aromatic nitrogens is 1. The van der Waals surface area contributed by atoms with Crippen LogP contribution < -0.4 is 4.74 Å². The minimum Gasteiger partial charge on any atom is -0.438 e. The van der Waals surface area contributed by atoms with Gasteiger partial charge in [-0.1, -0.05) is 32.9 Å². The Bertz CT molecular complexity index is 766. The Labute approximate surface area is 159 Å². The smallest absolute Gasteiger partial charge is 0.233 e. The predicted octanol–water partition coefficient (Wildman–Crippen LogP) is 5.85. The van der Waals surface area contributed by atoms with Gasteiger partial charge in [-0.15, -0.1) is 0 Å². The molecule has 0 fully saturated rings. The lowest BCUT2D eigenvalue weighted by Crippen LogP contribution is -2.14. The standard InChI is InChI=1S/C20H26BrN3O/c1-7-24(6)13-22-18-12-17(21)19(23-14(18)2)25-16-10-8-9-15(11-16)20(3,4)5/h8-13H,7H2,1-6H3/b22-13+. The van der Waals surface area contributed by atoms with Crippen LogP contribution in [0.1, 0.15) is 39.0 Å². The van der Waals surface area contributed by atoms with Crippen molar-refractivity contribution in [2.24, 2.45) is 4.99 Å². The molecule has 134 valence electrons. The van der Waals surface area contributed by atoms with Gasteiger partial charge >= 0.3 is 0 Å². The molecule has 0 unspecified atom stereocenters. The largest absolute Gasteiger partial charge is 0.438 e. The highest BCUT2D eigenvalue weighted by molar-refractivity contribution is 9.10. The van der Waals surface area contributed by atoms with Crippen molar-refractivity contribution >= 4 is 28.0 Å². The summed E-state index contributed by atoms with van der Waals surface area (Å²) in [5.41, 5.74) is 2.94. The summed E-state index contributed by atoms with van der Waals surface area (Å²) in [4.78, 5) is 11.1. The van der Waals surface area contributed by atoms with Gasteiger partial charge in [0.1, 0.15) is 5.75 Å². The second-order valence-corrected chi connectivity index (χ2v) is 7.93. The van der Waals surface area contributed by atoms with Gasteiger partial charge in [-0.25, -0.2) is 9.98 Å². The summed E-state index contributed by atoms with van der Waals surface area (Å²) < 4.78 is 6.79. The Morgan fingerprint density at radius 2 is 2.00 bits per heavy atom. The zero-order valence-electron chi connectivity index (χ0n) is 15.8. The Balaban J connectivity index is 2.27. The highest BCUT2D eigenvalue weighted by Gasteiger charge is 2.15. The van der Waals surface area contributed by atoms with E-state index in [1.807, 2.05) is 43.4 Å². The van der Waals surface area contributed by atoms with E-state index in [1.54, 1.807) is 0 Å². The van der Waals surface area contributed by atoms with E-state index in [4.69, 9.17) is 4.74 Å². The van der Waals surface area contributed by atoms with Gasteiger partial charge in [-0.3, -0.25) is 0 Å². The summed E-state index contributed by atoms with van der Waals surface area (Å²) >= 11 is 3.55. The van der Waals surface area contributed by atoms with Crippen molar-refractivity contribution in [3.8, 4) is 11.6 Å². The van der Waals surface area contributed by atoms with Crippen LogP contribution in [0.15, 0.2) is 39.8 Å². The molecule has 1 aromatic carbocycles. The van der Waals surface area contributed by atoms with Crippen molar-refractivity contribution < 1.29 is 4.74 Å². The van der Waals surface area contributed by atoms with Gasteiger partial charge in [-0.2, -0.15) is 0 Å². The maximum absolute atomic E-state index is 6.01. The molecule has 25 heavy (non-hydrogen) atoms. The average Bonchev–Trinajstić information content (AvgIpc) is 2.55. The quantitative estimate of drug-likeness (QED) is 0.463. The van der Waals surface area contributed by atoms with Gasteiger partial charge in [0, 0.05) is 13.6 Å². The summed E-state index contributed by atoms with van der Waals surface area (Å²) in [5.74, 6) is 1.33. The van der Waals surface area contributed by atoms with Gasteiger partial charge in [-0.05, 0) is 59.0 Å². The van der Waals surface area contributed by atoms with E-state index >= 15 is 0 Å². The molecule has 0 N–H and O–H groups in total. The fourth-order valence-electron chi connectivity index (χ4n) is 2.13. The molecule has 1 aromatic heterocycles. The minimum absolute atomic E-state index is 0.0732. The monoisotopic (exact) mass is 403 g/mol. The lowest BCUT2D eigenvalue weighted by molar-refractivity contribution is 0.455. The van der Waals surface area contributed by atoms with Crippen molar-refractivity contribution in [2.45, 2.75) is 40.0 Å². The first-order valence-electron chi connectivity index (χ1n) is 8.40. The number of halogens is 1. The fourth-order valence-corrected chi connectivity index (χ4v) is 2.52. The lowest BCUT2D eigenvalue weighted by atomic mass is 9.87. The highest BCUT2D eigenvalue weighted by Crippen LogP contribution is 2.34. The van der Waals surface area contributed by atoms with Crippen LogP contribution in [0.25, 0.3) is 0 Å². The van der Waals surface area contributed by atoms with Crippen LogP contribution in [0.4, 0.5) is 5.69 Å².